The summed E-state index contributed by atoms with van der Waals surface area (Å²) in [4.78, 5) is 31.7. The minimum absolute atomic E-state index is 0. The van der Waals surface area contributed by atoms with Gasteiger partial charge in [0.1, 0.15) is 0 Å². The van der Waals surface area contributed by atoms with E-state index in [-0.39, 0.29) is 47.8 Å². The summed E-state index contributed by atoms with van der Waals surface area (Å²) >= 11 is 6.43. The van der Waals surface area contributed by atoms with E-state index in [0.29, 0.717) is 68.3 Å². The van der Waals surface area contributed by atoms with Gasteiger partial charge in [0.2, 0.25) is 11.8 Å². The lowest BCUT2D eigenvalue weighted by atomic mass is 9.94. The van der Waals surface area contributed by atoms with Crippen LogP contribution >= 0.6 is 36.4 Å². The Bertz CT molecular complexity index is 1310. The molecule has 1 N–H and O–H groups in total. The van der Waals surface area contributed by atoms with Crippen molar-refractivity contribution >= 4 is 69.4 Å². The number of sulfone groups is 1. The van der Waals surface area contributed by atoms with Crippen LogP contribution in [-0.2, 0) is 19.4 Å². The fraction of sp³-hybridized carbons (Fsp3) is 0.533. The first kappa shape index (κ1) is 36.2. The summed E-state index contributed by atoms with van der Waals surface area (Å²) in [5, 5.41) is 3.26. The molecule has 2 aromatic carbocycles. The zero-order valence-electron chi connectivity index (χ0n) is 24.6. The molecule has 2 saturated heterocycles. The van der Waals surface area contributed by atoms with E-state index >= 15 is 0 Å². The van der Waals surface area contributed by atoms with Gasteiger partial charge in [0.05, 0.1) is 10.1 Å². The monoisotopic (exact) mass is 660 g/mol. The van der Waals surface area contributed by atoms with Gasteiger partial charge in [-0.15, -0.1) is 24.8 Å². The zero-order chi connectivity index (χ0) is 28.9. The van der Waals surface area contributed by atoms with Crippen molar-refractivity contribution in [3.63, 3.8) is 0 Å². The Morgan fingerprint density at radius 1 is 1.00 bits per heavy atom. The molecule has 2 aromatic rings. The smallest absolute Gasteiger partial charge is 0.230 e. The Balaban J connectivity index is 0.00000308. The second kappa shape index (κ2) is 16.1. The van der Waals surface area contributed by atoms with E-state index in [4.69, 9.17) is 11.6 Å². The molecule has 0 unspecified atom stereocenters. The molecule has 12 heteroatoms. The Kier molecular flexibility index (Phi) is 13.9. The van der Waals surface area contributed by atoms with Gasteiger partial charge >= 0.3 is 0 Å². The number of nitrogens with zero attached hydrogens (tertiary/aromatic N) is 3. The molecule has 42 heavy (non-hydrogen) atoms. The van der Waals surface area contributed by atoms with Crippen LogP contribution in [0.15, 0.2) is 47.4 Å². The number of likely N-dealkylation sites (tertiary alicyclic amines) is 2. The third kappa shape index (κ3) is 8.76. The average molecular weight is 662 g/mol. The van der Waals surface area contributed by atoms with Crippen molar-refractivity contribution in [3.05, 3.63) is 53.1 Å². The van der Waals surface area contributed by atoms with E-state index in [2.05, 4.69) is 10.2 Å². The number of rotatable bonds is 9. The molecule has 0 aliphatic carbocycles. The minimum atomic E-state index is -3.39. The summed E-state index contributed by atoms with van der Waals surface area (Å²) < 4.78 is 26.5. The van der Waals surface area contributed by atoms with Gasteiger partial charge in [0, 0.05) is 55.9 Å². The molecule has 0 atom stereocenters. The van der Waals surface area contributed by atoms with Gasteiger partial charge in [-0.25, -0.2) is 8.42 Å². The molecule has 0 bridgehead atoms. The molecule has 0 radical (unpaired) electrons. The number of nitrogens with one attached hydrogen (secondary N) is 1. The summed E-state index contributed by atoms with van der Waals surface area (Å²) in [6, 6.07) is 12.8. The quantitative estimate of drug-likeness (QED) is 0.384. The van der Waals surface area contributed by atoms with Gasteiger partial charge in [0.25, 0.3) is 0 Å². The van der Waals surface area contributed by atoms with Crippen molar-refractivity contribution in [1.29, 1.82) is 0 Å². The lowest BCUT2D eigenvalue weighted by Crippen LogP contribution is -2.45. The maximum atomic E-state index is 13.7. The highest BCUT2D eigenvalue weighted by Gasteiger charge is 2.32. The normalized spacial score (nSPS) is 16.7. The number of anilines is 2. The largest absolute Gasteiger partial charge is 0.388 e. The molecule has 0 aromatic heterocycles. The average Bonchev–Trinajstić information content (AvgIpc) is 2.97. The topological polar surface area (TPSA) is 90.0 Å². The lowest BCUT2D eigenvalue weighted by molar-refractivity contribution is -0.133. The summed E-state index contributed by atoms with van der Waals surface area (Å²) in [6.45, 7) is 7.48. The Morgan fingerprint density at radius 2 is 1.67 bits per heavy atom. The maximum absolute atomic E-state index is 13.7. The number of carbonyl (C=O) groups excluding carboxylic acids is 2. The van der Waals surface area contributed by atoms with Crippen LogP contribution in [0.2, 0.25) is 5.02 Å². The van der Waals surface area contributed by atoms with Crippen molar-refractivity contribution in [2.45, 2.75) is 56.1 Å². The standard InChI is InChI=1S/C30H41ClN4O4S.2ClH/c1-22-8-9-26(21-29(22)31)35(30(37)24-10-18-34(19-11-24)23(2)36)15-5-14-33-16-12-27(13-17-33)40(38,39)28-7-4-6-25(20-28)32-3;;/h4,6-9,20-21,24,27,32H,5,10-19H2,1-3H3;2*1H. The van der Waals surface area contributed by atoms with Crippen molar-refractivity contribution in [2.24, 2.45) is 5.92 Å². The molecular weight excluding hydrogens is 619 g/mol. The van der Waals surface area contributed by atoms with Crippen LogP contribution in [0, 0.1) is 12.8 Å². The van der Waals surface area contributed by atoms with Crippen LogP contribution in [0.3, 0.4) is 0 Å². The second-order valence-electron chi connectivity index (χ2n) is 10.9. The molecular formula is C30H43Cl3N4O4S. The summed E-state index contributed by atoms with van der Waals surface area (Å²) in [7, 11) is -1.60. The molecule has 8 nitrogen and oxygen atoms in total. The number of amides is 2. The Hall–Kier alpha value is -2.04. The molecule has 0 spiro atoms. The van der Waals surface area contributed by atoms with Gasteiger partial charge in [-0.3, -0.25) is 9.59 Å². The third-order valence-electron chi connectivity index (χ3n) is 8.30. The van der Waals surface area contributed by atoms with Crippen LogP contribution in [0.1, 0.15) is 44.6 Å². The SMILES string of the molecule is CNc1cccc(S(=O)(=O)C2CCN(CCCN(C(=O)C3CCN(C(C)=O)CC3)c3ccc(C)c(Cl)c3)CC2)c1.Cl.Cl. The molecule has 4 rings (SSSR count). The second-order valence-corrected chi connectivity index (χ2v) is 13.6. The number of hydrogen-bond acceptors (Lipinski definition) is 6. The number of carbonyl (C=O) groups is 2. The van der Waals surface area contributed by atoms with Crippen LogP contribution in [-0.4, -0.2) is 81.6 Å². The van der Waals surface area contributed by atoms with E-state index in [1.165, 1.54) is 0 Å². The van der Waals surface area contributed by atoms with Crippen LogP contribution in [0.5, 0.6) is 0 Å². The molecule has 2 heterocycles. The Labute approximate surface area is 267 Å². The van der Waals surface area contributed by atoms with Gasteiger partial charge in [0.15, 0.2) is 9.84 Å². The van der Waals surface area contributed by atoms with Crippen molar-refractivity contribution in [3.8, 4) is 0 Å². The van der Waals surface area contributed by atoms with Crippen LogP contribution in [0.25, 0.3) is 0 Å². The van der Waals surface area contributed by atoms with Crippen molar-refractivity contribution in [2.75, 3.05) is 56.5 Å². The van der Waals surface area contributed by atoms with E-state index in [1.54, 1.807) is 37.1 Å². The minimum Gasteiger partial charge on any atom is -0.388 e. The maximum Gasteiger partial charge on any atom is 0.230 e. The molecule has 0 saturated carbocycles. The summed E-state index contributed by atoms with van der Waals surface area (Å²) in [5.74, 6) is 0.00546. The summed E-state index contributed by atoms with van der Waals surface area (Å²) in [5.41, 5.74) is 2.54. The molecule has 2 aliphatic rings. The first-order chi connectivity index (χ1) is 19.1. The van der Waals surface area contributed by atoms with Crippen molar-refractivity contribution in [1.82, 2.24) is 9.80 Å². The van der Waals surface area contributed by atoms with E-state index < -0.39 is 9.84 Å². The third-order valence-corrected chi connectivity index (χ3v) is 11.0. The van der Waals surface area contributed by atoms with Crippen LogP contribution < -0.4 is 10.2 Å². The van der Waals surface area contributed by atoms with E-state index in [9.17, 15) is 18.0 Å². The van der Waals surface area contributed by atoms with Gasteiger partial charge < -0.3 is 20.0 Å². The highest BCUT2D eigenvalue weighted by molar-refractivity contribution is 7.92. The Morgan fingerprint density at radius 3 is 2.26 bits per heavy atom. The van der Waals surface area contributed by atoms with Gasteiger partial charge in [-0.05, 0) is 94.6 Å². The number of hydrogen-bond donors (Lipinski definition) is 1. The molecule has 2 fully saturated rings. The van der Waals surface area contributed by atoms with E-state index in [1.807, 2.05) is 36.1 Å². The fourth-order valence-corrected chi connectivity index (χ4v) is 7.65. The van der Waals surface area contributed by atoms with Gasteiger partial charge in [-0.1, -0.05) is 23.7 Å². The predicted octanol–water partition coefficient (Wildman–Crippen LogP) is 5.45. The molecule has 2 amide bonds. The molecule has 2 aliphatic heterocycles. The molecule has 234 valence electrons. The number of aryl methyl sites for hydroxylation is 1. The summed E-state index contributed by atoms with van der Waals surface area (Å²) in [6.07, 6.45) is 3.28. The highest BCUT2D eigenvalue weighted by Crippen LogP contribution is 2.29. The first-order valence-electron chi connectivity index (χ1n) is 14.2. The number of benzene rings is 2. The highest BCUT2D eigenvalue weighted by atomic mass is 35.5. The van der Waals surface area contributed by atoms with E-state index in [0.717, 1.165) is 29.9 Å². The van der Waals surface area contributed by atoms with Gasteiger partial charge in [-0.2, -0.15) is 0 Å². The fourth-order valence-electron chi connectivity index (χ4n) is 5.69. The number of piperidine rings is 2. The lowest BCUT2D eigenvalue weighted by Gasteiger charge is -2.35. The number of halogens is 3. The predicted molar refractivity (Wildman–Crippen MR) is 175 cm³/mol. The van der Waals surface area contributed by atoms with Crippen LogP contribution in [0.4, 0.5) is 11.4 Å². The zero-order valence-corrected chi connectivity index (χ0v) is 27.8. The van der Waals surface area contributed by atoms with Crippen molar-refractivity contribution < 1.29 is 18.0 Å². The first-order valence-corrected chi connectivity index (χ1v) is 16.1.